The number of hydrogen-bond acceptors (Lipinski definition) is 8. The van der Waals surface area contributed by atoms with Gasteiger partial charge >= 0.3 is 38.5 Å². The first-order valence-corrected chi connectivity index (χ1v) is 14.0. The lowest BCUT2D eigenvalue weighted by molar-refractivity contribution is -0.153. The highest BCUT2D eigenvalue weighted by molar-refractivity contribution is 7.60. The number of carboxylic acids is 1. The number of piperazine rings is 1. The van der Waals surface area contributed by atoms with Crippen LogP contribution in [0.15, 0.2) is 42.5 Å². The summed E-state index contributed by atoms with van der Waals surface area (Å²) in [7, 11) is -6.45. The van der Waals surface area contributed by atoms with Crippen LogP contribution in [0.1, 0.15) is 34.5 Å². The molecule has 2 heterocycles. The lowest BCUT2D eigenvalue weighted by atomic mass is 9.72. The van der Waals surface area contributed by atoms with E-state index in [1.54, 1.807) is 13.0 Å². The number of carbonyl (C=O) groups is 5. The van der Waals surface area contributed by atoms with E-state index in [0.29, 0.717) is 10.5 Å². The standard InChI is InChI=1S/C24H26BN4O11P/c1-2-28-9-10-29(22(32)21(28)31)24(35)27-18(13-5-3-7-15(11-13)41(37,38)39)20(30)26-17-12-14-6-4-8-16(23(33)34)19(14)40-25(17)36/h3-8,11,17-18,36H,2,9-10,12H2,1H3,(H,26,30)(H,27,35)(H,33,34)(H2,37,38,39)/t17-,18+/m0/s1. The average molecular weight is 588 g/mol. The zero-order chi connectivity index (χ0) is 30.1. The van der Waals surface area contributed by atoms with Crippen molar-refractivity contribution >= 4 is 49.7 Å². The number of imide groups is 1. The van der Waals surface area contributed by atoms with Crippen LogP contribution in [0.25, 0.3) is 0 Å². The molecular formula is C24H26BN4O11P. The van der Waals surface area contributed by atoms with Crippen LogP contribution in [0, 0.1) is 0 Å². The maximum Gasteiger partial charge on any atom is 0.547 e. The molecule has 41 heavy (non-hydrogen) atoms. The molecule has 0 saturated carbocycles. The van der Waals surface area contributed by atoms with Crippen molar-refractivity contribution in [2.24, 2.45) is 0 Å². The van der Waals surface area contributed by atoms with Gasteiger partial charge in [-0.05, 0) is 42.7 Å². The van der Waals surface area contributed by atoms with Gasteiger partial charge in [0.1, 0.15) is 11.8 Å². The molecule has 2 aromatic carbocycles. The lowest BCUT2D eigenvalue weighted by Crippen LogP contribution is -2.60. The molecule has 0 spiro atoms. The number of nitrogens with one attached hydrogen (secondary N) is 2. The van der Waals surface area contributed by atoms with Crippen LogP contribution >= 0.6 is 7.60 Å². The molecule has 0 unspecified atom stereocenters. The highest BCUT2D eigenvalue weighted by atomic mass is 31.2. The Morgan fingerprint density at radius 2 is 1.83 bits per heavy atom. The monoisotopic (exact) mass is 588 g/mol. The van der Waals surface area contributed by atoms with E-state index in [1.807, 2.05) is 0 Å². The van der Waals surface area contributed by atoms with Crippen LogP contribution in [0.2, 0.25) is 0 Å². The molecule has 4 rings (SSSR count). The molecule has 2 aliphatic heterocycles. The number of aromatic carboxylic acids is 1. The smallest absolute Gasteiger partial charge is 0.534 e. The Balaban J connectivity index is 1.61. The summed E-state index contributed by atoms with van der Waals surface area (Å²) in [5.74, 6) is -5.43. The van der Waals surface area contributed by atoms with E-state index in [1.165, 1.54) is 29.2 Å². The van der Waals surface area contributed by atoms with Crippen molar-refractivity contribution in [2.45, 2.75) is 25.3 Å². The SMILES string of the molecule is CCN1CCN(C(=O)N[C@@H](C(=O)N[C@H]2Cc3cccc(C(=O)O)c3OB2O)c2cccc(P(=O)(O)O)c2)C(=O)C1=O. The molecule has 6 N–H and O–H groups in total. The molecule has 0 aliphatic carbocycles. The van der Waals surface area contributed by atoms with Crippen LogP contribution in [0.4, 0.5) is 4.79 Å². The quantitative estimate of drug-likeness (QED) is 0.128. The molecule has 17 heteroatoms. The average Bonchev–Trinajstić information content (AvgIpc) is 2.92. The van der Waals surface area contributed by atoms with Crippen molar-refractivity contribution in [3.05, 3.63) is 59.2 Å². The number of nitrogens with zero attached hydrogens (tertiary/aromatic N) is 2. The summed E-state index contributed by atoms with van der Waals surface area (Å²) >= 11 is 0. The minimum absolute atomic E-state index is 0.0570. The summed E-state index contributed by atoms with van der Waals surface area (Å²) in [6.45, 7) is 1.84. The third-order valence-electron chi connectivity index (χ3n) is 6.68. The third-order valence-corrected chi connectivity index (χ3v) is 7.63. The number of urea groups is 1. The van der Waals surface area contributed by atoms with Gasteiger partial charge in [0.25, 0.3) is 0 Å². The largest absolute Gasteiger partial charge is 0.547 e. The van der Waals surface area contributed by atoms with Gasteiger partial charge < -0.3 is 40.1 Å². The fraction of sp³-hybridized carbons (Fsp3) is 0.292. The van der Waals surface area contributed by atoms with Gasteiger partial charge in [-0.3, -0.25) is 23.8 Å². The molecule has 216 valence electrons. The Bertz CT molecular complexity index is 1460. The van der Waals surface area contributed by atoms with Crippen molar-refractivity contribution < 1.29 is 53.1 Å². The van der Waals surface area contributed by atoms with Crippen LogP contribution in [-0.4, -0.2) is 92.1 Å². The van der Waals surface area contributed by atoms with Crippen LogP contribution in [0.3, 0.4) is 0 Å². The predicted octanol–water partition coefficient (Wildman–Crippen LogP) is -1.23. The molecule has 0 radical (unpaired) electrons. The first-order valence-electron chi connectivity index (χ1n) is 12.4. The van der Waals surface area contributed by atoms with E-state index < -0.39 is 61.7 Å². The van der Waals surface area contributed by atoms with Gasteiger partial charge in [0.2, 0.25) is 5.91 Å². The highest BCUT2D eigenvalue weighted by Gasteiger charge is 2.41. The van der Waals surface area contributed by atoms with Crippen molar-refractivity contribution in [1.82, 2.24) is 20.4 Å². The molecule has 5 amide bonds. The van der Waals surface area contributed by atoms with Gasteiger partial charge in [-0.2, -0.15) is 0 Å². The fourth-order valence-electron chi connectivity index (χ4n) is 4.54. The molecule has 2 aromatic rings. The second kappa shape index (κ2) is 11.7. The lowest BCUT2D eigenvalue weighted by Gasteiger charge is -2.33. The molecule has 0 bridgehead atoms. The topological polar surface area (TPSA) is 223 Å². The zero-order valence-electron chi connectivity index (χ0n) is 21.6. The summed E-state index contributed by atoms with van der Waals surface area (Å²) in [4.78, 5) is 84.1. The highest BCUT2D eigenvalue weighted by Crippen LogP contribution is 2.34. The van der Waals surface area contributed by atoms with Crippen molar-refractivity contribution in [2.75, 3.05) is 19.6 Å². The summed E-state index contributed by atoms with van der Waals surface area (Å²) in [6, 6.07) is 6.28. The van der Waals surface area contributed by atoms with E-state index in [2.05, 4.69) is 10.6 Å². The third kappa shape index (κ3) is 6.25. The maximum absolute atomic E-state index is 13.5. The maximum atomic E-state index is 13.5. The molecule has 2 aliphatic rings. The summed E-state index contributed by atoms with van der Waals surface area (Å²) < 4.78 is 17.2. The zero-order valence-corrected chi connectivity index (χ0v) is 22.5. The van der Waals surface area contributed by atoms with Crippen molar-refractivity contribution in [3.63, 3.8) is 0 Å². The predicted molar refractivity (Wildman–Crippen MR) is 141 cm³/mol. The van der Waals surface area contributed by atoms with Gasteiger partial charge in [-0.25, -0.2) is 9.59 Å². The van der Waals surface area contributed by atoms with E-state index in [-0.39, 0.29) is 42.9 Å². The Labute approximate surface area is 233 Å². The molecule has 2 atom stereocenters. The number of rotatable bonds is 7. The van der Waals surface area contributed by atoms with Crippen LogP contribution in [-0.2, 0) is 25.4 Å². The number of carboxylic acid groups (broad SMARTS) is 1. The summed E-state index contributed by atoms with van der Waals surface area (Å²) in [5, 5.41) is 24.4. The van der Waals surface area contributed by atoms with E-state index in [4.69, 9.17) is 4.65 Å². The Morgan fingerprint density at radius 3 is 2.49 bits per heavy atom. The molecule has 1 saturated heterocycles. The van der Waals surface area contributed by atoms with Crippen LogP contribution < -0.4 is 20.6 Å². The second-order valence-corrected chi connectivity index (χ2v) is 10.9. The Hall–Kier alpha value is -4.24. The molecular weight excluding hydrogens is 562 g/mol. The minimum Gasteiger partial charge on any atom is -0.534 e. The van der Waals surface area contributed by atoms with E-state index >= 15 is 0 Å². The summed E-state index contributed by atoms with van der Waals surface area (Å²) in [5.41, 5.74) is 0.123. The fourth-order valence-corrected chi connectivity index (χ4v) is 5.14. The number of likely N-dealkylation sites (N-methyl/N-ethyl adjacent to an activating group) is 1. The number of amides is 5. The molecule has 15 nitrogen and oxygen atoms in total. The van der Waals surface area contributed by atoms with Gasteiger partial charge in [-0.1, -0.05) is 24.3 Å². The minimum atomic E-state index is -4.77. The second-order valence-electron chi connectivity index (χ2n) is 9.29. The number of hydrogen-bond donors (Lipinski definition) is 6. The molecule has 1 fully saturated rings. The van der Waals surface area contributed by atoms with Crippen molar-refractivity contribution in [3.8, 4) is 5.75 Å². The molecule has 0 aromatic heterocycles. The number of benzene rings is 2. The number of fused-ring (bicyclic) bond motifs is 1. The Morgan fingerprint density at radius 1 is 1.12 bits per heavy atom. The van der Waals surface area contributed by atoms with E-state index in [9.17, 15) is 48.5 Å². The van der Waals surface area contributed by atoms with Crippen LogP contribution in [0.5, 0.6) is 5.75 Å². The van der Waals surface area contributed by atoms with Gasteiger partial charge in [0, 0.05) is 19.6 Å². The van der Waals surface area contributed by atoms with E-state index in [0.717, 1.165) is 12.1 Å². The van der Waals surface area contributed by atoms with Gasteiger partial charge in [-0.15, -0.1) is 0 Å². The van der Waals surface area contributed by atoms with Crippen molar-refractivity contribution in [1.29, 1.82) is 0 Å². The number of carbonyl (C=O) groups excluding carboxylic acids is 4. The number of para-hydroxylation sites is 1. The normalized spacial score (nSPS) is 17.9. The Kier molecular flexibility index (Phi) is 8.49. The van der Waals surface area contributed by atoms with Gasteiger partial charge in [0.05, 0.1) is 16.8 Å². The van der Waals surface area contributed by atoms with Gasteiger partial charge in [0.15, 0.2) is 0 Å². The first-order chi connectivity index (χ1) is 19.3. The first kappa shape index (κ1) is 29.7. The summed E-state index contributed by atoms with van der Waals surface area (Å²) in [6.07, 6.45) is -0.0570.